The van der Waals surface area contributed by atoms with E-state index in [0.717, 1.165) is 6.42 Å². The minimum atomic E-state index is -0.0570. The lowest BCUT2D eigenvalue weighted by atomic mass is 10.2. The smallest absolute Gasteiger partial charge is 0.107 e. The number of quaternary nitrogens is 1. The minimum absolute atomic E-state index is 0.0570. The van der Waals surface area contributed by atoms with Gasteiger partial charge in [0.2, 0.25) is 0 Å². The summed E-state index contributed by atoms with van der Waals surface area (Å²) in [5.74, 6) is 0. The first-order valence-electron chi connectivity index (χ1n) is 4.39. The largest absolute Gasteiger partial charge is 0.633 e. The molecule has 0 amide bonds. The second-order valence-electron chi connectivity index (χ2n) is 3.18. The maximum atomic E-state index is 11.7. The summed E-state index contributed by atoms with van der Waals surface area (Å²) in [5, 5.41) is 11.7. The van der Waals surface area contributed by atoms with Gasteiger partial charge in [0.05, 0.1) is 13.2 Å². The van der Waals surface area contributed by atoms with E-state index in [1.54, 1.807) is 0 Å². The maximum absolute atomic E-state index is 11.7. The van der Waals surface area contributed by atoms with E-state index >= 15 is 0 Å². The molecule has 2 unspecified atom stereocenters. The minimum Gasteiger partial charge on any atom is -0.633 e. The highest BCUT2D eigenvalue weighted by atomic mass is 16.6. The summed E-state index contributed by atoms with van der Waals surface area (Å²) >= 11 is 0. The molecule has 1 saturated heterocycles. The van der Waals surface area contributed by atoms with Crippen LogP contribution in [0.5, 0.6) is 0 Å². The average molecular weight is 159 g/mol. The van der Waals surface area contributed by atoms with Crippen molar-refractivity contribution in [3.05, 3.63) is 5.21 Å². The van der Waals surface area contributed by atoms with Gasteiger partial charge in [0, 0.05) is 0 Å². The molecule has 0 aromatic heterocycles. The van der Waals surface area contributed by atoms with Crippen molar-refractivity contribution in [3.8, 4) is 0 Å². The van der Waals surface area contributed by atoms with Crippen molar-refractivity contribution >= 4 is 0 Å². The van der Waals surface area contributed by atoms with Crippen LogP contribution in [0.1, 0.15) is 20.3 Å². The molecule has 1 aliphatic rings. The van der Waals surface area contributed by atoms with Crippen LogP contribution in [-0.2, 0) is 4.74 Å². The molecule has 3 nitrogen and oxygen atoms in total. The molecule has 1 fully saturated rings. The van der Waals surface area contributed by atoms with Crippen LogP contribution >= 0.6 is 0 Å². The van der Waals surface area contributed by atoms with E-state index in [1.165, 1.54) is 0 Å². The number of likely N-dealkylation sites (N-methyl/N-ethyl adjacent to an activating group) is 1. The van der Waals surface area contributed by atoms with E-state index in [-0.39, 0.29) is 10.8 Å². The third-order valence-corrected chi connectivity index (χ3v) is 2.42. The fraction of sp³-hybridized carbons (Fsp3) is 1.00. The first kappa shape index (κ1) is 8.97. The zero-order valence-electron chi connectivity index (χ0n) is 7.38. The second kappa shape index (κ2) is 3.52. The molecule has 0 aromatic rings. The van der Waals surface area contributed by atoms with E-state index in [2.05, 4.69) is 6.92 Å². The number of ether oxygens (including phenoxy) is 1. The molecular formula is C8H17NO2. The highest BCUT2D eigenvalue weighted by Crippen LogP contribution is 2.14. The van der Waals surface area contributed by atoms with Crippen LogP contribution in [0.25, 0.3) is 0 Å². The van der Waals surface area contributed by atoms with Gasteiger partial charge in [0.1, 0.15) is 19.2 Å². The van der Waals surface area contributed by atoms with Gasteiger partial charge in [-0.2, -0.15) is 0 Å². The molecule has 0 aromatic carbocycles. The van der Waals surface area contributed by atoms with Gasteiger partial charge in [-0.15, -0.1) is 0 Å². The van der Waals surface area contributed by atoms with Crippen LogP contribution in [0.3, 0.4) is 0 Å². The topological polar surface area (TPSA) is 32.3 Å². The van der Waals surface area contributed by atoms with Crippen molar-refractivity contribution in [1.82, 2.24) is 0 Å². The quantitative estimate of drug-likeness (QED) is 0.447. The molecule has 1 rings (SSSR count). The standard InChI is InChI=1S/C8H17NO2/c1-3-8-7-9(10,4-2)5-6-11-8/h8H,3-7H2,1-2H3. The molecule has 1 aliphatic heterocycles. The van der Waals surface area contributed by atoms with Crippen LogP contribution in [0.4, 0.5) is 0 Å². The van der Waals surface area contributed by atoms with Crippen LogP contribution < -0.4 is 0 Å². The predicted molar refractivity (Wildman–Crippen MR) is 43.9 cm³/mol. The van der Waals surface area contributed by atoms with Gasteiger partial charge < -0.3 is 14.6 Å². The molecule has 0 spiro atoms. The van der Waals surface area contributed by atoms with Gasteiger partial charge in [0.15, 0.2) is 0 Å². The Morgan fingerprint density at radius 1 is 1.55 bits per heavy atom. The maximum Gasteiger partial charge on any atom is 0.107 e. The van der Waals surface area contributed by atoms with E-state index < -0.39 is 0 Å². The molecular weight excluding hydrogens is 142 g/mol. The Bertz CT molecular complexity index is 129. The van der Waals surface area contributed by atoms with Crippen molar-refractivity contribution in [3.63, 3.8) is 0 Å². The molecule has 2 atom stereocenters. The fourth-order valence-corrected chi connectivity index (χ4v) is 1.44. The van der Waals surface area contributed by atoms with Gasteiger partial charge in [-0.1, -0.05) is 6.92 Å². The predicted octanol–water partition coefficient (Wildman–Crippen LogP) is 1.13. The van der Waals surface area contributed by atoms with E-state index in [9.17, 15) is 5.21 Å². The lowest BCUT2D eigenvalue weighted by Crippen LogP contribution is -2.53. The second-order valence-corrected chi connectivity index (χ2v) is 3.18. The Hall–Kier alpha value is -0.120. The molecule has 0 saturated carbocycles. The number of hydroxylamine groups is 3. The summed E-state index contributed by atoms with van der Waals surface area (Å²) in [6.07, 6.45) is 1.16. The van der Waals surface area contributed by atoms with Crippen molar-refractivity contribution in [2.75, 3.05) is 26.2 Å². The van der Waals surface area contributed by atoms with E-state index in [0.29, 0.717) is 26.2 Å². The van der Waals surface area contributed by atoms with Crippen LogP contribution in [0.2, 0.25) is 0 Å². The summed E-state index contributed by atoms with van der Waals surface area (Å²) in [7, 11) is 0. The first-order valence-corrected chi connectivity index (χ1v) is 4.39. The molecule has 0 N–H and O–H groups in total. The summed E-state index contributed by atoms with van der Waals surface area (Å²) in [6, 6.07) is 0. The summed E-state index contributed by atoms with van der Waals surface area (Å²) in [5.41, 5.74) is 0. The van der Waals surface area contributed by atoms with Crippen molar-refractivity contribution in [1.29, 1.82) is 0 Å². The van der Waals surface area contributed by atoms with Gasteiger partial charge >= 0.3 is 0 Å². The monoisotopic (exact) mass is 159 g/mol. The summed E-state index contributed by atoms with van der Waals surface area (Å²) < 4.78 is 5.35. The number of morpholine rings is 1. The SMILES string of the molecule is CCC1C[N+]([O-])(CC)CCO1. The normalized spacial score (nSPS) is 39.0. The van der Waals surface area contributed by atoms with E-state index in [1.807, 2.05) is 6.92 Å². The Balaban J connectivity index is 2.44. The molecule has 0 bridgehead atoms. The zero-order chi connectivity index (χ0) is 8.32. The van der Waals surface area contributed by atoms with Gasteiger partial charge in [-0.05, 0) is 13.3 Å². The van der Waals surface area contributed by atoms with Crippen LogP contribution in [0.15, 0.2) is 0 Å². The molecule has 3 heteroatoms. The Labute approximate surface area is 68.1 Å². The highest BCUT2D eigenvalue weighted by Gasteiger charge is 2.25. The van der Waals surface area contributed by atoms with Crippen molar-refractivity contribution in [2.45, 2.75) is 26.4 Å². The van der Waals surface area contributed by atoms with Gasteiger partial charge in [-0.25, -0.2) is 0 Å². The number of nitrogens with zero attached hydrogens (tertiary/aromatic N) is 1. The third-order valence-electron chi connectivity index (χ3n) is 2.42. The van der Waals surface area contributed by atoms with E-state index in [4.69, 9.17) is 4.74 Å². The Morgan fingerprint density at radius 2 is 2.27 bits per heavy atom. The first-order chi connectivity index (χ1) is 5.20. The van der Waals surface area contributed by atoms with Crippen LogP contribution in [-0.4, -0.2) is 37.0 Å². The molecule has 0 radical (unpaired) electrons. The fourth-order valence-electron chi connectivity index (χ4n) is 1.44. The average Bonchev–Trinajstić information content (AvgIpc) is 2.05. The lowest BCUT2D eigenvalue weighted by molar-refractivity contribution is -0.890. The lowest BCUT2D eigenvalue weighted by Gasteiger charge is -2.47. The van der Waals surface area contributed by atoms with Crippen LogP contribution in [0, 0.1) is 5.21 Å². The summed E-state index contributed by atoms with van der Waals surface area (Å²) in [6.45, 7) is 6.61. The van der Waals surface area contributed by atoms with Gasteiger partial charge in [-0.3, -0.25) is 0 Å². The summed E-state index contributed by atoms with van der Waals surface area (Å²) in [4.78, 5) is 0. The molecule has 11 heavy (non-hydrogen) atoms. The number of hydrogen-bond donors (Lipinski definition) is 0. The van der Waals surface area contributed by atoms with Crippen molar-refractivity contribution in [2.24, 2.45) is 0 Å². The number of hydrogen-bond acceptors (Lipinski definition) is 2. The highest BCUT2D eigenvalue weighted by molar-refractivity contribution is 4.60. The molecule has 1 heterocycles. The van der Waals surface area contributed by atoms with Gasteiger partial charge in [0.25, 0.3) is 0 Å². The third kappa shape index (κ3) is 2.15. The zero-order valence-corrected chi connectivity index (χ0v) is 7.38. The molecule has 0 aliphatic carbocycles. The number of rotatable bonds is 2. The Morgan fingerprint density at radius 3 is 2.82 bits per heavy atom. The molecule has 66 valence electrons. The Kier molecular flexibility index (Phi) is 2.87. The van der Waals surface area contributed by atoms with Crippen molar-refractivity contribution < 1.29 is 9.38 Å².